The first kappa shape index (κ1) is 19.0. The fourth-order valence-corrected chi connectivity index (χ4v) is 3.62. The number of carbonyl (C=O) groups excluding carboxylic acids is 1. The molecule has 1 aromatic heterocycles. The Hall–Kier alpha value is -1.76. The Labute approximate surface area is 162 Å². The minimum absolute atomic E-state index is 0.126. The zero-order chi connectivity index (χ0) is 18.5. The van der Waals surface area contributed by atoms with Gasteiger partial charge in [-0.15, -0.1) is 0 Å². The van der Waals surface area contributed by atoms with Crippen molar-refractivity contribution in [3.8, 4) is 0 Å². The summed E-state index contributed by atoms with van der Waals surface area (Å²) in [6, 6.07) is 10.2. The second-order valence-electron chi connectivity index (χ2n) is 6.84. The summed E-state index contributed by atoms with van der Waals surface area (Å²) in [6.07, 6.45) is 3.78. The highest BCUT2D eigenvalue weighted by Gasteiger charge is 2.21. The van der Waals surface area contributed by atoms with Gasteiger partial charge in [0.15, 0.2) is 0 Å². The molecule has 0 saturated carbocycles. The van der Waals surface area contributed by atoms with E-state index in [9.17, 15) is 4.79 Å². The quantitative estimate of drug-likeness (QED) is 0.809. The first-order valence-electron chi connectivity index (χ1n) is 8.84. The number of carbonyl (C=O) groups is 1. The fourth-order valence-electron chi connectivity index (χ4n) is 3.25. The molecule has 1 aromatic carbocycles. The molecule has 138 valence electrons. The molecule has 1 fully saturated rings. The summed E-state index contributed by atoms with van der Waals surface area (Å²) in [5.74, 6) is -0.126. The van der Waals surface area contributed by atoms with Crippen LogP contribution in [-0.4, -0.2) is 41.1 Å². The highest BCUT2D eigenvalue weighted by molar-refractivity contribution is 9.10. The van der Waals surface area contributed by atoms with Crippen molar-refractivity contribution < 1.29 is 9.53 Å². The van der Waals surface area contributed by atoms with Crippen molar-refractivity contribution in [1.82, 2.24) is 15.2 Å². The van der Waals surface area contributed by atoms with Gasteiger partial charge in [-0.2, -0.15) is 0 Å². The van der Waals surface area contributed by atoms with Crippen LogP contribution in [0.25, 0.3) is 0 Å². The van der Waals surface area contributed by atoms with Gasteiger partial charge in [-0.25, -0.2) is 0 Å². The van der Waals surface area contributed by atoms with Crippen molar-refractivity contribution in [2.45, 2.75) is 39.1 Å². The number of halogens is 1. The van der Waals surface area contributed by atoms with E-state index in [1.165, 1.54) is 5.56 Å². The molecule has 2 heterocycles. The molecular formula is C20H24BrN3O2. The predicted molar refractivity (Wildman–Crippen MR) is 105 cm³/mol. The van der Waals surface area contributed by atoms with Gasteiger partial charge in [0.1, 0.15) is 0 Å². The Morgan fingerprint density at radius 3 is 2.50 bits per heavy atom. The molecule has 1 aliphatic rings. The molecule has 2 atom stereocenters. The minimum atomic E-state index is -0.126. The zero-order valence-electron chi connectivity index (χ0n) is 15.1. The summed E-state index contributed by atoms with van der Waals surface area (Å²) in [6.45, 7) is 7.59. The third-order valence-electron chi connectivity index (χ3n) is 4.34. The summed E-state index contributed by atoms with van der Waals surface area (Å²) in [7, 11) is 0. The van der Waals surface area contributed by atoms with Crippen LogP contribution in [0.15, 0.2) is 47.2 Å². The Bertz CT molecular complexity index is 741. The number of nitrogens with one attached hydrogen (secondary N) is 1. The molecule has 5 nitrogen and oxygen atoms in total. The Morgan fingerprint density at radius 2 is 1.85 bits per heavy atom. The summed E-state index contributed by atoms with van der Waals surface area (Å²) >= 11 is 3.33. The van der Waals surface area contributed by atoms with E-state index < -0.39 is 0 Å². The Kier molecular flexibility index (Phi) is 6.40. The van der Waals surface area contributed by atoms with Crippen LogP contribution >= 0.6 is 15.9 Å². The lowest BCUT2D eigenvalue weighted by Gasteiger charge is -2.35. The fraction of sp³-hybridized carbons (Fsp3) is 0.400. The topological polar surface area (TPSA) is 54.5 Å². The molecule has 0 spiro atoms. The summed E-state index contributed by atoms with van der Waals surface area (Å²) in [4.78, 5) is 18.6. The first-order chi connectivity index (χ1) is 12.5. The van der Waals surface area contributed by atoms with Crippen LogP contribution in [0.1, 0.15) is 35.3 Å². The molecule has 0 aliphatic carbocycles. The second-order valence-corrected chi connectivity index (χ2v) is 7.76. The van der Waals surface area contributed by atoms with Gasteiger partial charge < -0.3 is 10.1 Å². The van der Waals surface area contributed by atoms with E-state index in [0.717, 1.165) is 29.7 Å². The lowest BCUT2D eigenvalue weighted by atomic mass is 10.1. The van der Waals surface area contributed by atoms with Gasteiger partial charge in [-0.05, 0) is 47.0 Å². The van der Waals surface area contributed by atoms with Crippen molar-refractivity contribution >= 4 is 21.8 Å². The van der Waals surface area contributed by atoms with Crippen molar-refractivity contribution in [2.75, 3.05) is 13.1 Å². The van der Waals surface area contributed by atoms with Crippen molar-refractivity contribution in [3.05, 3.63) is 63.9 Å². The summed E-state index contributed by atoms with van der Waals surface area (Å²) < 4.78 is 6.57. The number of pyridine rings is 1. The van der Waals surface area contributed by atoms with E-state index in [2.05, 4.69) is 69.2 Å². The zero-order valence-corrected chi connectivity index (χ0v) is 16.7. The monoisotopic (exact) mass is 417 g/mol. The maximum absolute atomic E-state index is 12.2. The molecule has 26 heavy (non-hydrogen) atoms. The third kappa shape index (κ3) is 5.37. The molecule has 1 saturated heterocycles. The van der Waals surface area contributed by atoms with Crippen LogP contribution in [0, 0.1) is 0 Å². The highest BCUT2D eigenvalue weighted by Crippen LogP contribution is 2.15. The normalized spacial score (nSPS) is 20.7. The second kappa shape index (κ2) is 8.75. The van der Waals surface area contributed by atoms with Crippen LogP contribution in [0.3, 0.4) is 0 Å². The number of amides is 1. The molecule has 0 radical (unpaired) electrons. The van der Waals surface area contributed by atoms with Gasteiger partial charge in [0.25, 0.3) is 5.91 Å². The standard InChI is InChI=1S/C20H24BrN3O2/c1-14-11-24(12-15(2)26-14)13-17-5-3-16(4-6-17)8-23-20(25)18-7-19(21)10-22-9-18/h3-7,9-10,14-15H,8,11-13H2,1-2H3,(H,23,25)/t14-,15-/m1/s1. The van der Waals surface area contributed by atoms with E-state index in [1.807, 2.05) is 0 Å². The average Bonchev–Trinajstić information content (AvgIpc) is 2.60. The third-order valence-corrected chi connectivity index (χ3v) is 4.78. The maximum atomic E-state index is 12.2. The smallest absolute Gasteiger partial charge is 0.253 e. The number of hydrogen-bond donors (Lipinski definition) is 1. The SMILES string of the molecule is C[C@@H]1CN(Cc2ccc(CNC(=O)c3cncc(Br)c3)cc2)C[C@@H](C)O1. The van der Waals surface area contributed by atoms with E-state index in [4.69, 9.17) is 4.74 Å². The molecule has 1 N–H and O–H groups in total. The van der Waals surface area contributed by atoms with E-state index in [1.54, 1.807) is 18.5 Å². The minimum Gasteiger partial charge on any atom is -0.373 e. The van der Waals surface area contributed by atoms with Gasteiger partial charge in [-0.1, -0.05) is 24.3 Å². The summed E-state index contributed by atoms with van der Waals surface area (Å²) in [5, 5.41) is 2.93. The van der Waals surface area contributed by atoms with Crippen molar-refractivity contribution in [3.63, 3.8) is 0 Å². The predicted octanol–water partition coefficient (Wildman–Crippen LogP) is 3.38. The highest BCUT2D eigenvalue weighted by atomic mass is 79.9. The average molecular weight is 418 g/mol. The van der Waals surface area contributed by atoms with Crippen LogP contribution in [0.5, 0.6) is 0 Å². The number of nitrogens with zero attached hydrogens (tertiary/aromatic N) is 2. The molecule has 1 aliphatic heterocycles. The van der Waals surface area contributed by atoms with E-state index in [0.29, 0.717) is 12.1 Å². The number of ether oxygens (including phenoxy) is 1. The molecule has 0 unspecified atom stereocenters. The number of rotatable bonds is 5. The number of aromatic nitrogens is 1. The van der Waals surface area contributed by atoms with Crippen LogP contribution in [-0.2, 0) is 17.8 Å². The lowest BCUT2D eigenvalue weighted by molar-refractivity contribution is -0.0704. The van der Waals surface area contributed by atoms with Gasteiger partial charge >= 0.3 is 0 Å². The Morgan fingerprint density at radius 1 is 1.19 bits per heavy atom. The number of benzene rings is 1. The van der Waals surface area contributed by atoms with Crippen LogP contribution < -0.4 is 5.32 Å². The molecular weight excluding hydrogens is 394 g/mol. The Balaban J connectivity index is 1.52. The number of morpholine rings is 1. The lowest BCUT2D eigenvalue weighted by Crippen LogP contribution is -2.44. The van der Waals surface area contributed by atoms with Crippen LogP contribution in [0.4, 0.5) is 0 Å². The molecule has 0 bridgehead atoms. The molecule has 3 rings (SSSR count). The van der Waals surface area contributed by atoms with Crippen molar-refractivity contribution in [1.29, 1.82) is 0 Å². The van der Waals surface area contributed by atoms with Crippen molar-refractivity contribution in [2.24, 2.45) is 0 Å². The molecule has 1 amide bonds. The summed E-state index contributed by atoms with van der Waals surface area (Å²) in [5.41, 5.74) is 2.90. The molecule has 6 heteroatoms. The number of hydrogen-bond acceptors (Lipinski definition) is 4. The van der Waals surface area contributed by atoms with Gasteiger partial charge in [0.2, 0.25) is 0 Å². The largest absolute Gasteiger partial charge is 0.373 e. The van der Waals surface area contributed by atoms with Crippen LogP contribution in [0.2, 0.25) is 0 Å². The van der Waals surface area contributed by atoms with Gasteiger partial charge in [-0.3, -0.25) is 14.7 Å². The molecule has 2 aromatic rings. The maximum Gasteiger partial charge on any atom is 0.253 e. The van der Waals surface area contributed by atoms with Gasteiger partial charge in [0, 0.05) is 43.0 Å². The van der Waals surface area contributed by atoms with Gasteiger partial charge in [0.05, 0.1) is 17.8 Å². The van der Waals surface area contributed by atoms with E-state index in [-0.39, 0.29) is 18.1 Å². The first-order valence-corrected chi connectivity index (χ1v) is 9.63. The van der Waals surface area contributed by atoms with E-state index >= 15 is 0 Å².